The van der Waals surface area contributed by atoms with Crippen LogP contribution in [0.3, 0.4) is 0 Å². The van der Waals surface area contributed by atoms with E-state index in [0.717, 1.165) is 21.8 Å². The van der Waals surface area contributed by atoms with E-state index in [9.17, 15) is 4.79 Å². The summed E-state index contributed by atoms with van der Waals surface area (Å²) in [5.74, 6) is -0.274. The van der Waals surface area contributed by atoms with E-state index in [-0.39, 0.29) is 4.88 Å². The number of aryl methyl sites for hydroxylation is 1. The van der Waals surface area contributed by atoms with Crippen LogP contribution in [-0.2, 0) is 0 Å². The fourth-order valence-electron chi connectivity index (χ4n) is 1.86. The molecule has 0 bridgehead atoms. The van der Waals surface area contributed by atoms with E-state index < -0.39 is 5.97 Å². The second kappa shape index (κ2) is 4.70. The Kier molecular flexibility index (Phi) is 3.25. The lowest BCUT2D eigenvalue weighted by molar-refractivity contribution is 0.0703. The molecule has 0 saturated carbocycles. The topological polar surface area (TPSA) is 72.5 Å². The van der Waals surface area contributed by atoms with E-state index in [1.807, 2.05) is 31.2 Å². The van der Waals surface area contributed by atoms with Gasteiger partial charge in [-0.05, 0) is 24.6 Å². The molecule has 0 aliphatic heterocycles. The molecule has 94 valence electrons. The van der Waals surface area contributed by atoms with Gasteiger partial charge < -0.3 is 15.6 Å². The number of thiophene rings is 1. The molecule has 0 saturated heterocycles. The number of carboxylic acids is 1. The number of methoxy groups -OCH3 is 1. The summed E-state index contributed by atoms with van der Waals surface area (Å²) in [4.78, 5) is 12.1. The molecule has 0 unspecified atom stereocenters. The maximum absolute atomic E-state index is 11.0. The molecule has 0 spiro atoms. The summed E-state index contributed by atoms with van der Waals surface area (Å²) in [5.41, 5.74) is 7.88. The van der Waals surface area contributed by atoms with Crippen molar-refractivity contribution in [1.29, 1.82) is 0 Å². The molecule has 18 heavy (non-hydrogen) atoms. The van der Waals surface area contributed by atoms with Gasteiger partial charge in [0.15, 0.2) is 0 Å². The van der Waals surface area contributed by atoms with Gasteiger partial charge in [0.1, 0.15) is 10.6 Å². The first-order valence-electron chi connectivity index (χ1n) is 5.31. The molecular formula is C13H13NO3S. The lowest BCUT2D eigenvalue weighted by Gasteiger charge is -2.05. The molecule has 0 aliphatic carbocycles. The van der Waals surface area contributed by atoms with Gasteiger partial charge in [-0.25, -0.2) is 4.79 Å². The van der Waals surface area contributed by atoms with Crippen LogP contribution in [0, 0.1) is 6.92 Å². The first kappa shape index (κ1) is 12.4. The highest BCUT2D eigenvalue weighted by Gasteiger charge is 2.19. The van der Waals surface area contributed by atoms with E-state index in [0.29, 0.717) is 5.69 Å². The highest BCUT2D eigenvalue weighted by atomic mass is 32.1. The monoisotopic (exact) mass is 263 g/mol. The van der Waals surface area contributed by atoms with Crippen molar-refractivity contribution in [1.82, 2.24) is 0 Å². The fraction of sp³-hybridized carbons (Fsp3) is 0.154. The summed E-state index contributed by atoms with van der Waals surface area (Å²) < 4.78 is 5.16. The minimum atomic E-state index is -0.991. The van der Waals surface area contributed by atoms with Crippen molar-refractivity contribution in [2.75, 3.05) is 12.8 Å². The smallest absolute Gasteiger partial charge is 0.348 e. The number of hydrogen-bond acceptors (Lipinski definition) is 4. The standard InChI is InChI=1S/C13H13NO3S/c1-7-10(11(14)12(18-7)13(15)16)8-4-3-5-9(6-8)17-2/h3-6H,14H2,1-2H3,(H,15,16). The summed E-state index contributed by atoms with van der Waals surface area (Å²) in [6, 6.07) is 7.42. The Morgan fingerprint density at radius 3 is 2.72 bits per heavy atom. The lowest BCUT2D eigenvalue weighted by atomic mass is 10.0. The fourth-order valence-corrected chi connectivity index (χ4v) is 2.79. The van der Waals surface area contributed by atoms with Crippen LogP contribution < -0.4 is 10.5 Å². The largest absolute Gasteiger partial charge is 0.497 e. The normalized spacial score (nSPS) is 10.3. The predicted molar refractivity (Wildman–Crippen MR) is 72.4 cm³/mol. The quantitative estimate of drug-likeness (QED) is 0.892. The van der Waals surface area contributed by atoms with Crippen LogP contribution in [0.2, 0.25) is 0 Å². The number of nitrogen functional groups attached to an aromatic ring is 1. The molecule has 2 rings (SSSR count). The van der Waals surface area contributed by atoms with Gasteiger partial charge in [-0.2, -0.15) is 0 Å². The molecule has 3 N–H and O–H groups in total. The van der Waals surface area contributed by atoms with Gasteiger partial charge in [-0.3, -0.25) is 0 Å². The molecule has 1 heterocycles. The molecule has 1 aromatic carbocycles. The van der Waals surface area contributed by atoms with Crippen molar-refractivity contribution >= 4 is 23.0 Å². The number of rotatable bonds is 3. The number of hydrogen-bond donors (Lipinski definition) is 2. The van der Waals surface area contributed by atoms with Crippen molar-refractivity contribution in [3.05, 3.63) is 34.0 Å². The molecule has 2 aromatic rings. The number of aromatic carboxylic acids is 1. The summed E-state index contributed by atoms with van der Waals surface area (Å²) in [5, 5.41) is 9.06. The third-order valence-electron chi connectivity index (χ3n) is 2.67. The van der Waals surface area contributed by atoms with Crippen molar-refractivity contribution in [2.45, 2.75) is 6.92 Å². The average Bonchev–Trinajstić information content (AvgIpc) is 2.65. The highest BCUT2D eigenvalue weighted by molar-refractivity contribution is 7.15. The molecular weight excluding hydrogens is 250 g/mol. The Labute approximate surface area is 109 Å². The minimum absolute atomic E-state index is 0.185. The molecule has 0 fully saturated rings. The van der Waals surface area contributed by atoms with Crippen molar-refractivity contribution in [3.63, 3.8) is 0 Å². The van der Waals surface area contributed by atoms with E-state index in [1.54, 1.807) is 7.11 Å². The van der Waals surface area contributed by atoms with Crippen LogP contribution in [0.15, 0.2) is 24.3 Å². The van der Waals surface area contributed by atoms with Crippen molar-refractivity contribution in [3.8, 4) is 16.9 Å². The van der Waals surface area contributed by atoms with Gasteiger partial charge >= 0.3 is 5.97 Å². The number of benzene rings is 1. The Morgan fingerprint density at radius 2 is 2.17 bits per heavy atom. The van der Waals surface area contributed by atoms with E-state index in [1.165, 1.54) is 11.3 Å². The summed E-state index contributed by atoms with van der Waals surface area (Å²) in [7, 11) is 1.59. The van der Waals surface area contributed by atoms with Gasteiger partial charge in [0.05, 0.1) is 12.8 Å². The lowest BCUT2D eigenvalue weighted by Crippen LogP contribution is -1.98. The minimum Gasteiger partial charge on any atom is -0.497 e. The van der Waals surface area contributed by atoms with Crippen LogP contribution in [0.25, 0.3) is 11.1 Å². The second-order valence-corrected chi connectivity index (χ2v) is 5.04. The first-order chi connectivity index (χ1) is 8.54. The summed E-state index contributed by atoms with van der Waals surface area (Å²) in [6.07, 6.45) is 0. The zero-order chi connectivity index (χ0) is 13.3. The van der Waals surface area contributed by atoms with Crippen LogP contribution in [0.4, 0.5) is 5.69 Å². The van der Waals surface area contributed by atoms with Crippen LogP contribution in [0.1, 0.15) is 14.5 Å². The maximum Gasteiger partial charge on any atom is 0.348 e. The van der Waals surface area contributed by atoms with Gasteiger partial charge in [-0.1, -0.05) is 12.1 Å². The van der Waals surface area contributed by atoms with E-state index >= 15 is 0 Å². The van der Waals surface area contributed by atoms with E-state index in [4.69, 9.17) is 15.6 Å². The summed E-state index contributed by atoms with van der Waals surface area (Å²) in [6.45, 7) is 1.86. The predicted octanol–water partition coefficient (Wildman–Crippen LogP) is 3.01. The van der Waals surface area contributed by atoms with E-state index in [2.05, 4.69) is 0 Å². The van der Waals surface area contributed by atoms with Crippen LogP contribution in [0.5, 0.6) is 5.75 Å². The molecule has 1 aromatic heterocycles. The Bertz CT molecular complexity index is 604. The Hall–Kier alpha value is -2.01. The number of carbonyl (C=O) groups is 1. The zero-order valence-electron chi connectivity index (χ0n) is 10.1. The van der Waals surface area contributed by atoms with Gasteiger partial charge in [-0.15, -0.1) is 11.3 Å². The van der Waals surface area contributed by atoms with Crippen LogP contribution in [-0.4, -0.2) is 18.2 Å². The van der Waals surface area contributed by atoms with Crippen molar-refractivity contribution in [2.24, 2.45) is 0 Å². The third-order valence-corrected chi connectivity index (χ3v) is 3.78. The molecule has 0 atom stereocenters. The maximum atomic E-state index is 11.0. The Balaban J connectivity index is 2.60. The molecule has 5 heteroatoms. The zero-order valence-corrected chi connectivity index (χ0v) is 10.9. The molecule has 4 nitrogen and oxygen atoms in total. The molecule has 0 amide bonds. The Morgan fingerprint density at radius 1 is 1.44 bits per heavy atom. The van der Waals surface area contributed by atoms with Gasteiger partial charge in [0.2, 0.25) is 0 Å². The first-order valence-corrected chi connectivity index (χ1v) is 6.12. The van der Waals surface area contributed by atoms with Gasteiger partial charge in [0.25, 0.3) is 0 Å². The average molecular weight is 263 g/mol. The SMILES string of the molecule is COc1cccc(-c2c(C)sc(C(=O)O)c2N)c1. The number of ether oxygens (including phenoxy) is 1. The number of anilines is 1. The van der Waals surface area contributed by atoms with Crippen molar-refractivity contribution < 1.29 is 14.6 Å². The number of nitrogens with two attached hydrogens (primary N) is 1. The van der Waals surface area contributed by atoms with Gasteiger partial charge in [0, 0.05) is 10.4 Å². The highest BCUT2D eigenvalue weighted by Crippen LogP contribution is 2.39. The molecule has 0 radical (unpaired) electrons. The second-order valence-electron chi connectivity index (χ2n) is 3.81. The number of carboxylic acid groups (broad SMARTS) is 1. The molecule has 0 aliphatic rings. The van der Waals surface area contributed by atoms with Crippen LogP contribution >= 0.6 is 11.3 Å². The summed E-state index contributed by atoms with van der Waals surface area (Å²) >= 11 is 1.19. The third kappa shape index (κ3) is 2.04.